The van der Waals surface area contributed by atoms with Gasteiger partial charge < -0.3 is 10.6 Å². The molecule has 174 valence electrons. The van der Waals surface area contributed by atoms with Crippen molar-refractivity contribution >= 4 is 49.8 Å². The molecule has 1 aromatic rings. The van der Waals surface area contributed by atoms with Crippen LogP contribution in [-0.4, -0.2) is 64.8 Å². The molecule has 0 amide bonds. The third-order valence-corrected chi connectivity index (χ3v) is 7.42. The molecule has 0 aliphatic heterocycles. The van der Waals surface area contributed by atoms with Crippen LogP contribution in [0.2, 0.25) is 0 Å². The lowest BCUT2D eigenvalue weighted by molar-refractivity contribution is 0.410. The maximum absolute atomic E-state index is 12.5. The van der Waals surface area contributed by atoms with Crippen molar-refractivity contribution < 1.29 is 16.8 Å². The second kappa shape index (κ2) is 12.8. The molecule has 0 bridgehead atoms. The second-order valence-corrected chi connectivity index (χ2v) is 11.7. The van der Waals surface area contributed by atoms with Gasteiger partial charge in [-0.3, -0.25) is 0 Å². The van der Waals surface area contributed by atoms with Gasteiger partial charge in [-0.05, 0) is 51.8 Å². The zero-order chi connectivity index (χ0) is 22.2. The molecule has 0 aliphatic carbocycles. The lowest BCUT2D eigenvalue weighted by Gasteiger charge is -2.21. The van der Waals surface area contributed by atoms with Crippen molar-refractivity contribution in [2.45, 2.75) is 57.6 Å². The first-order chi connectivity index (χ1) is 13.4. The molecule has 0 heterocycles. The lowest BCUT2D eigenvalue weighted by atomic mass is 10.2. The highest BCUT2D eigenvalue weighted by atomic mass is 127. The Kier molecular flexibility index (Phi) is 12.4. The number of hydrogen-bond acceptors (Lipinski definition) is 5. The number of nitrogens with zero attached hydrogens (tertiary/aromatic N) is 2. The Morgan fingerprint density at radius 3 is 2.13 bits per heavy atom. The van der Waals surface area contributed by atoms with Crippen molar-refractivity contribution in [3.63, 3.8) is 0 Å². The normalized spacial score (nSPS) is 13.8. The summed E-state index contributed by atoms with van der Waals surface area (Å²) in [6.07, 6.45) is 1.71. The summed E-state index contributed by atoms with van der Waals surface area (Å²) in [6, 6.07) is 6.51. The van der Waals surface area contributed by atoms with Gasteiger partial charge in [-0.2, -0.15) is 4.31 Å². The summed E-state index contributed by atoms with van der Waals surface area (Å²) in [5.41, 5.74) is 0.872. The lowest BCUT2D eigenvalue weighted by Crippen LogP contribution is -2.42. The molecule has 1 aromatic carbocycles. The fraction of sp³-hybridized carbons (Fsp3) is 0.632. The highest BCUT2D eigenvalue weighted by Gasteiger charge is 2.22. The van der Waals surface area contributed by atoms with E-state index in [-0.39, 0.29) is 46.7 Å². The zero-order valence-electron chi connectivity index (χ0n) is 18.5. The van der Waals surface area contributed by atoms with Gasteiger partial charge in [0.15, 0.2) is 5.96 Å². The Hall–Kier alpha value is -0.920. The number of halogens is 1. The summed E-state index contributed by atoms with van der Waals surface area (Å²) in [5.74, 6) is 0.700. The van der Waals surface area contributed by atoms with Crippen molar-refractivity contribution in [3.8, 4) is 0 Å². The summed E-state index contributed by atoms with van der Waals surface area (Å²) < 4.78 is 49.0. The van der Waals surface area contributed by atoms with Gasteiger partial charge in [-0.15, -0.1) is 24.0 Å². The number of sulfonamides is 1. The summed E-state index contributed by atoms with van der Waals surface area (Å²) in [6.45, 7) is 8.55. The molecule has 1 rings (SSSR count). The standard InChI is InChI=1S/C19H34N4O4S2.HI/c1-7-20-19(22-16(4)12-13-28(6,24)25)21-14-17-8-10-18(11-9-17)29(26,27)23(5)15(2)3;/h8-11,15-16H,7,12-14H2,1-6H3,(H2,20,21,22);1H. The fourth-order valence-corrected chi connectivity index (χ4v) is 4.55. The van der Waals surface area contributed by atoms with Crippen LogP contribution in [0, 0.1) is 0 Å². The summed E-state index contributed by atoms with van der Waals surface area (Å²) in [5, 5.41) is 6.33. The average Bonchev–Trinajstić information content (AvgIpc) is 2.63. The van der Waals surface area contributed by atoms with Crippen LogP contribution >= 0.6 is 24.0 Å². The quantitative estimate of drug-likeness (QED) is 0.252. The van der Waals surface area contributed by atoms with E-state index in [2.05, 4.69) is 15.6 Å². The Morgan fingerprint density at radius 1 is 1.10 bits per heavy atom. The minimum atomic E-state index is -3.51. The van der Waals surface area contributed by atoms with E-state index in [1.165, 1.54) is 10.6 Å². The zero-order valence-corrected chi connectivity index (χ0v) is 22.5. The van der Waals surface area contributed by atoms with E-state index < -0.39 is 19.9 Å². The topological polar surface area (TPSA) is 108 Å². The number of benzene rings is 1. The average molecular weight is 575 g/mol. The number of sulfone groups is 1. The van der Waals surface area contributed by atoms with Gasteiger partial charge in [-0.25, -0.2) is 21.8 Å². The van der Waals surface area contributed by atoms with E-state index >= 15 is 0 Å². The Labute approximate surface area is 198 Å². The summed E-state index contributed by atoms with van der Waals surface area (Å²) >= 11 is 0. The van der Waals surface area contributed by atoms with E-state index in [0.717, 1.165) is 5.56 Å². The van der Waals surface area contributed by atoms with Gasteiger partial charge in [-0.1, -0.05) is 12.1 Å². The minimum absolute atomic E-state index is 0. The van der Waals surface area contributed by atoms with Crippen molar-refractivity contribution in [1.82, 2.24) is 14.9 Å². The SMILES string of the molecule is CCNC(=NCc1ccc(S(=O)(=O)N(C)C(C)C)cc1)NC(C)CCS(C)(=O)=O.I. The van der Waals surface area contributed by atoms with Gasteiger partial charge in [0.25, 0.3) is 0 Å². The molecule has 0 aliphatic rings. The number of hydrogen-bond donors (Lipinski definition) is 2. The second-order valence-electron chi connectivity index (χ2n) is 7.42. The molecule has 0 radical (unpaired) electrons. The van der Waals surface area contributed by atoms with Crippen molar-refractivity contribution in [1.29, 1.82) is 0 Å². The minimum Gasteiger partial charge on any atom is -0.357 e. The van der Waals surface area contributed by atoms with Crippen LogP contribution in [0.15, 0.2) is 34.2 Å². The molecular weight excluding hydrogens is 539 g/mol. The van der Waals surface area contributed by atoms with E-state index in [0.29, 0.717) is 25.5 Å². The van der Waals surface area contributed by atoms with Crippen LogP contribution in [0.3, 0.4) is 0 Å². The van der Waals surface area contributed by atoms with Crippen LogP contribution in [0.4, 0.5) is 0 Å². The van der Waals surface area contributed by atoms with Crippen LogP contribution in [0.5, 0.6) is 0 Å². The maximum Gasteiger partial charge on any atom is 0.243 e. The molecule has 11 heteroatoms. The van der Waals surface area contributed by atoms with Gasteiger partial charge in [0.05, 0.1) is 17.2 Å². The third-order valence-electron chi connectivity index (χ3n) is 4.40. The number of rotatable bonds is 10. The first-order valence-electron chi connectivity index (χ1n) is 9.66. The molecule has 8 nitrogen and oxygen atoms in total. The highest BCUT2D eigenvalue weighted by Crippen LogP contribution is 2.17. The number of nitrogens with one attached hydrogen (secondary N) is 2. The van der Waals surface area contributed by atoms with Crippen LogP contribution in [-0.2, 0) is 26.4 Å². The highest BCUT2D eigenvalue weighted by molar-refractivity contribution is 14.0. The number of aliphatic imine (C=N–C) groups is 1. The molecule has 0 saturated carbocycles. The van der Waals surface area contributed by atoms with E-state index in [1.54, 1.807) is 31.3 Å². The third kappa shape index (κ3) is 9.92. The fourth-order valence-electron chi connectivity index (χ4n) is 2.40. The van der Waals surface area contributed by atoms with Crippen molar-refractivity contribution in [2.75, 3.05) is 25.6 Å². The van der Waals surface area contributed by atoms with Crippen LogP contribution < -0.4 is 10.6 Å². The molecule has 0 saturated heterocycles. The van der Waals surface area contributed by atoms with Gasteiger partial charge in [0.1, 0.15) is 9.84 Å². The molecule has 1 atom stereocenters. The molecule has 0 fully saturated rings. The van der Waals surface area contributed by atoms with Gasteiger partial charge in [0.2, 0.25) is 10.0 Å². The van der Waals surface area contributed by atoms with Gasteiger partial charge >= 0.3 is 0 Å². The smallest absolute Gasteiger partial charge is 0.243 e. The molecule has 0 spiro atoms. The van der Waals surface area contributed by atoms with Crippen molar-refractivity contribution in [2.24, 2.45) is 4.99 Å². The van der Waals surface area contributed by atoms with Gasteiger partial charge in [0, 0.05) is 31.9 Å². The first-order valence-corrected chi connectivity index (χ1v) is 13.2. The largest absolute Gasteiger partial charge is 0.357 e. The van der Waals surface area contributed by atoms with Crippen molar-refractivity contribution in [3.05, 3.63) is 29.8 Å². The van der Waals surface area contributed by atoms with Crippen LogP contribution in [0.1, 0.15) is 39.7 Å². The predicted octanol–water partition coefficient (Wildman–Crippen LogP) is 2.21. The predicted molar refractivity (Wildman–Crippen MR) is 134 cm³/mol. The molecule has 30 heavy (non-hydrogen) atoms. The molecule has 2 N–H and O–H groups in total. The Balaban J connectivity index is 0.00000841. The molecular formula is C19H35IN4O4S2. The Morgan fingerprint density at radius 2 is 1.67 bits per heavy atom. The Bertz CT molecular complexity index is 886. The van der Waals surface area contributed by atoms with E-state index in [4.69, 9.17) is 0 Å². The first kappa shape index (κ1) is 29.1. The number of guanidine groups is 1. The summed E-state index contributed by atoms with van der Waals surface area (Å²) in [7, 11) is -4.94. The van der Waals surface area contributed by atoms with Crippen LogP contribution in [0.25, 0.3) is 0 Å². The molecule has 0 aromatic heterocycles. The summed E-state index contributed by atoms with van der Waals surface area (Å²) in [4.78, 5) is 4.76. The maximum atomic E-state index is 12.5. The monoisotopic (exact) mass is 574 g/mol. The van der Waals surface area contributed by atoms with E-state index in [1.807, 2.05) is 27.7 Å². The van der Waals surface area contributed by atoms with E-state index in [9.17, 15) is 16.8 Å². The molecule has 1 unspecified atom stereocenters.